The van der Waals surface area contributed by atoms with Crippen LogP contribution in [0.1, 0.15) is 5.56 Å². The monoisotopic (exact) mass is 186 g/mol. The smallest absolute Gasteiger partial charge is 0.0458 e. The van der Waals surface area contributed by atoms with Gasteiger partial charge in [0.25, 0.3) is 0 Å². The van der Waals surface area contributed by atoms with E-state index in [9.17, 15) is 0 Å². The van der Waals surface area contributed by atoms with E-state index in [4.69, 9.17) is 0 Å². The molecule has 0 bridgehead atoms. The molecule has 1 atom stereocenters. The highest BCUT2D eigenvalue weighted by Gasteiger charge is 2.23. The molecule has 1 N–H and O–H groups in total. The third kappa shape index (κ3) is 1.23. The van der Waals surface area contributed by atoms with Gasteiger partial charge in [0.05, 0.1) is 0 Å². The Balaban J connectivity index is 1.94. The summed E-state index contributed by atoms with van der Waals surface area (Å²) in [7, 11) is 0. The molecule has 0 aromatic heterocycles. The molecule has 2 heteroatoms. The molecule has 0 aliphatic carbocycles. The van der Waals surface area contributed by atoms with E-state index in [1.165, 1.54) is 11.3 Å². The summed E-state index contributed by atoms with van der Waals surface area (Å²) in [6, 6.07) is 9.18. The van der Waals surface area contributed by atoms with Gasteiger partial charge in [-0.05, 0) is 11.6 Å². The topological polar surface area (TPSA) is 15.3 Å². The van der Waals surface area contributed by atoms with E-state index in [1.54, 1.807) is 0 Å². The van der Waals surface area contributed by atoms with Gasteiger partial charge in [-0.3, -0.25) is 4.90 Å². The summed E-state index contributed by atoms with van der Waals surface area (Å²) in [4.78, 5) is 2.50. The molecular weight excluding hydrogens is 172 g/mol. The largest absolute Gasteiger partial charge is 0.383 e. The Morgan fingerprint density at radius 1 is 1.29 bits per heavy atom. The minimum atomic E-state index is 0.586. The average Bonchev–Trinajstić information content (AvgIpc) is 2.58. The molecule has 3 rings (SSSR count). The van der Waals surface area contributed by atoms with Crippen LogP contribution in [-0.4, -0.2) is 24.0 Å². The fraction of sp³-hybridized carbons (Fsp3) is 0.333. The third-order valence-electron chi connectivity index (χ3n) is 3.06. The Morgan fingerprint density at radius 2 is 2.21 bits per heavy atom. The number of rotatable bonds is 0. The number of hydrogen-bond acceptors (Lipinski definition) is 2. The van der Waals surface area contributed by atoms with E-state index < -0.39 is 0 Å². The molecule has 2 nitrogen and oxygen atoms in total. The van der Waals surface area contributed by atoms with Gasteiger partial charge >= 0.3 is 0 Å². The summed E-state index contributed by atoms with van der Waals surface area (Å²) in [5.41, 5.74) is 2.72. The van der Waals surface area contributed by atoms with Crippen molar-refractivity contribution in [2.75, 3.05) is 18.4 Å². The van der Waals surface area contributed by atoms with E-state index >= 15 is 0 Å². The van der Waals surface area contributed by atoms with Crippen LogP contribution in [-0.2, 0) is 6.54 Å². The molecule has 2 aliphatic heterocycles. The van der Waals surface area contributed by atoms with Crippen molar-refractivity contribution in [3.63, 3.8) is 0 Å². The summed E-state index contributed by atoms with van der Waals surface area (Å²) in [5.74, 6) is 0. The predicted octanol–water partition coefficient (Wildman–Crippen LogP) is 1.85. The second-order valence-corrected chi connectivity index (χ2v) is 3.96. The van der Waals surface area contributed by atoms with E-state index in [1.807, 2.05) is 0 Å². The number of nitrogens with one attached hydrogen (secondary N) is 1. The third-order valence-corrected chi connectivity index (χ3v) is 3.06. The summed E-state index contributed by atoms with van der Waals surface area (Å²) in [6.45, 7) is 3.20. The van der Waals surface area contributed by atoms with E-state index in [2.05, 4.69) is 46.6 Å². The molecule has 0 spiro atoms. The maximum Gasteiger partial charge on any atom is 0.0458 e. The van der Waals surface area contributed by atoms with Gasteiger partial charge in [0.2, 0.25) is 0 Å². The molecule has 0 radical (unpaired) electrons. The van der Waals surface area contributed by atoms with Crippen molar-refractivity contribution in [2.24, 2.45) is 0 Å². The van der Waals surface area contributed by atoms with E-state index in [0.29, 0.717) is 6.04 Å². The first-order valence-corrected chi connectivity index (χ1v) is 5.16. The van der Waals surface area contributed by atoms with Gasteiger partial charge in [-0.2, -0.15) is 0 Å². The lowest BCUT2D eigenvalue weighted by Gasteiger charge is -2.20. The van der Waals surface area contributed by atoms with Crippen LogP contribution in [0.3, 0.4) is 0 Å². The molecule has 0 saturated carbocycles. The van der Waals surface area contributed by atoms with Crippen LogP contribution in [0.2, 0.25) is 0 Å². The standard InChI is InChI=1S/C12H14N2/c1-2-6-12-10(4-1)9-14-7-3-5-11(14)8-13-12/h1-6,11,13H,7-9H2. The molecule has 1 aromatic carbocycles. The second kappa shape index (κ2) is 3.14. The number of benzene rings is 1. The number of para-hydroxylation sites is 1. The van der Waals surface area contributed by atoms with Crippen LogP contribution in [0.15, 0.2) is 36.4 Å². The van der Waals surface area contributed by atoms with Crippen molar-refractivity contribution < 1.29 is 0 Å². The summed E-state index contributed by atoms with van der Waals surface area (Å²) < 4.78 is 0. The van der Waals surface area contributed by atoms with E-state index in [0.717, 1.165) is 19.6 Å². The zero-order valence-electron chi connectivity index (χ0n) is 8.11. The van der Waals surface area contributed by atoms with Gasteiger partial charge in [-0.15, -0.1) is 0 Å². The van der Waals surface area contributed by atoms with Crippen molar-refractivity contribution in [1.82, 2.24) is 4.90 Å². The quantitative estimate of drug-likeness (QED) is 0.622. The maximum absolute atomic E-state index is 3.50. The Labute approximate surface area is 84.2 Å². The normalized spacial score (nSPS) is 25.0. The van der Waals surface area contributed by atoms with Crippen LogP contribution < -0.4 is 5.32 Å². The lowest BCUT2D eigenvalue weighted by molar-refractivity contribution is 0.277. The Bertz CT molecular complexity index is 370. The molecule has 0 amide bonds. The zero-order valence-corrected chi connectivity index (χ0v) is 8.11. The Kier molecular flexibility index (Phi) is 1.81. The lowest BCUT2D eigenvalue weighted by Crippen LogP contribution is -2.32. The first-order valence-electron chi connectivity index (χ1n) is 5.16. The zero-order chi connectivity index (χ0) is 9.38. The van der Waals surface area contributed by atoms with Crippen LogP contribution in [0, 0.1) is 0 Å². The van der Waals surface area contributed by atoms with Crippen LogP contribution in [0.4, 0.5) is 5.69 Å². The number of nitrogens with zero attached hydrogens (tertiary/aromatic N) is 1. The molecule has 0 saturated heterocycles. The first-order chi connectivity index (χ1) is 6.93. The molecule has 1 unspecified atom stereocenters. The molecule has 72 valence electrons. The Hall–Kier alpha value is -1.28. The van der Waals surface area contributed by atoms with E-state index in [-0.39, 0.29) is 0 Å². The SMILES string of the molecule is C1=CC2CNc3ccccc3CN2C1. The summed E-state index contributed by atoms with van der Waals surface area (Å²) in [6.07, 6.45) is 4.57. The average molecular weight is 186 g/mol. The van der Waals surface area contributed by atoms with Crippen LogP contribution >= 0.6 is 0 Å². The number of fused-ring (bicyclic) bond motifs is 2. The van der Waals surface area contributed by atoms with Crippen molar-refractivity contribution in [3.8, 4) is 0 Å². The van der Waals surface area contributed by atoms with Crippen molar-refractivity contribution >= 4 is 5.69 Å². The highest BCUT2D eigenvalue weighted by atomic mass is 15.2. The fourth-order valence-corrected chi connectivity index (χ4v) is 2.25. The fourth-order valence-electron chi connectivity index (χ4n) is 2.25. The predicted molar refractivity (Wildman–Crippen MR) is 58.3 cm³/mol. The Morgan fingerprint density at radius 3 is 3.21 bits per heavy atom. The highest BCUT2D eigenvalue weighted by molar-refractivity contribution is 5.52. The van der Waals surface area contributed by atoms with Gasteiger partial charge in [0.1, 0.15) is 0 Å². The first kappa shape index (κ1) is 8.06. The van der Waals surface area contributed by atoms with Crippen molar-refractivity contribution in [3.05, 3.63) is 42.0 Å². The van der Waals surface area contributed by atoms with Gasteiger partial charge in [-0.25, -0.2) is 0 Å². The van der Waals surface area contributed by atoms with Crippen molar-refractivity contribution in [2.45, 2.75) is 12.6 Å². The summed E-state index contributed by atoms with van der Waals surface area (Å²) >= 11 is 0. The molecule has 0 fully saturated rings. The molecular formula is C12H14N2. The van der Waals surface area contributed by atoms with Crippen LogP contribution in [0.5, 0.6) is 0 Å². The summed E-state index contributed by atoms with van der Waals surface area (Å²) in [5, 5.41) is 3.50. The molecule has 14 heavy (non-hydrogen) atoms. The van der Waals surface area contributed by atoms with Gasteiger partial charge in [-0.1, -0.05) is 30.4 Å². The van der Waals surface area contributed by atoms with Gasteiger partial charge in [0, 0.05) is 31.4 Å². The van der Waals surface area contributed by atoms with Crippen LogP contribution in [0.25, 0.3) is 0 Å². The molecule has 2 aliphatic rings. The number of hydrogen-bond donors (Lipinski definition) is 1. The van der Waals surface area contributed by atoms with Gasteiger partial charge in [0.15, 0.2) is 0 Å². The van der Waals surface area contributed by atoms with Gasteiger partial charge < -0.3 is 5.32 Å². The minimum Gasteiger partial charge on any atom is -0.383 e. The number of anilines is 1. The molecule has 2 heterocycles. The van der Waals surface area contributed by atoms with Crippen molar-refractivity contribution in [1.29, 1.82) is 0 Å². The second-order valence-electron chi connectivity index (χ2n) is 3.96. The maximum atomic E-state index is 3.50. The minimum absolute atomic E-state index is 0.586. The lowest BCUT2D eigenvalue weighted by atomic mass is 10.2. The highest BCUT2D eigenvalue weighted by Crippen LogP contribution is 2.24. The molecule has 1 aromatic rings.